The van der Waals surface area contributed by atoms with Crippen molar-refractivity contribution in [1.29, 1.82) is 0 Å². The van der Waals surface area contributed by atoms with Crippen molar-refractivity contribution in [1.82, 2.24) is 8.52 Å². The molecule has 0 saturated heterocycles. The van der Waals surface area contributed by atoms with E-state index in [1.165, 1.54) is 0 Å². The minimum Gasteiger partial charge on any atom is -0.286 e. The number of halogens is 2. The molecule has 0 amide bonds. The molecular formula is C22H26Cl2N4S. The van der Waals surface area contributed by atoms with Gasteiger partial charge in [0.15, 0.2) is 0 Å². The fourth-order valence-electron chi connectivity index (χ4n) is 2.88. The molecule has 0 radical (unpaired) electrons. The van der Waals surface area contributed by atoms with Crippen LogP contribution in [0.5, 0.6) is 0 Å². The first-order valence-electron chi connectivity index (χ1n) is 10.0. The van der Waals surface area contributed by atoms with Crippen LogP contribution in [0.3, 0.4) is 0 Å². The molecule has 29 heavy (non-hydrogen) atoms. The number of aryl methyl sites for hydroxylation is 1. The van der Waals surface area contributed by atoms with Crippen LogP contribution in [0.1, 0.15) is 39.5 Å². The summed E-state index contributed by atoms with van der Waals surface area (Å²) in [5.74, 6) is 0. The normalized spacial score (nSPS) is 12.7. The quantitative estimate of drug-likeness (QED) is 0.366. The van der Waals surface area contributed by atoms with Gasteiger partial charge in [0.25, 0.3) is 0 Å². The van der Waals surface area contributed by atoms with E-state index in [1.54, 1.807) is 11.5 Å². The second-order valence-corrected chi connectivity index (χ2v) is 8.68. The minimum atomic E-state index is 0.686. The van der Waals surface area contributed by atoms with Crippen LogP contribution in [0, 0.1) is 0 Å². The van der Waals surface area contributed by atoms with E-state index in [9.17, 15) is 0 Å². The number of rotatable bonds is 8. The molecule has 1 aromatic heterocycles. The van der Waals surface area contributed by atoms with E-state index < -0.39 is 0 Å². The predicted octanol–water partition coefficient (Wildman–Crippen LogP) is 6.72. The topological polar surface area (TPSA) is 34.6 Å². The molecule has 3 aromatic rings. The van der Waals surface area contributed by atoms with Gasteiger partial charge in [-0.05, 0) is 60.8 Å². The van der Waals surface area contributed by atoms with Gasteiger partial charge in [-0.15, -0.1) is 0 Å². The molecule has 0 N–H and O–H groups in total. The summed E-state index contributed by atoms with van der Waals surface area (Å²) in [5, 5.41) is 1.37. The van der Waals surface area contributed by atoms with Crippen LogP contribution in [-0.4, -0.2) is 8.52 Å². The SMILES string of the molecule is CCCCn1sc(=Nc2cccc(Cl)c2)n(CCCC)c1=Nc1cccc(Cl)c1. The van der Waals surface area contributed by atoms with Crippen molar-refractivity contribution < 1.29 is 0 Å². The zero-order valence-electron chi connectivity index (χ0n) is 16.8. The summed E-state index contributed by atoms with van der Waals surface area (Å²) >= 11 is 14.0. The average Bonchev–Trinajstić information content (AvgIpc) is 3.00. The molecule has 0 bridgehead atoms. The van der Waals surface area contributed by atoms with E-state index in [0.29, 0.717) is 10.0 Å². The van der Waals surface area contributed by atoms with Crippen LogP contribution in [0.15, 0.2) is 58.5 Å². The number of benzene rings is 2. The van der Waals surface area contributed by atoms with Crippen molar-refractivity contribution in [2.75, 3.05) is 0 Å². The van der Waals surface area contributed by atoms with Crippen LogP contribution in [-0.2, 0) is 13.1 Å². The van der Waals surface area contributed by atoms with Crippen molar-refractivity contribution in [2.45, 2.75) is 52.6 Å². The van der Waals surface area contributed by atoms with Crippen molar-refractivity contribution in [2.24, 2.45) is 9.98 Å². The molecule has 7 heteroatoms. The third-order valence-corrected chi connectivity index (χ3v) is 5.92. The largest absolute Gasteiger partial charge is 0.286 e. The maximum atomic E-state index is 6.18. The molecule has 0 saturated carbocycles. The second-order valence-electron chi connectivity index (χ2n) is 6.82. The van der Waals surface area contributed by atoms with E-state index in [2.05, 4.69) is 22.4 Å². The van der Waals surface area contributed by atoms with Crippen LogP contribution in [0.2, 0.25) is 10.0 Å². The third-order valence-electron chi connectivity index (χ3n) is 4.41. The molecule has 2 aromatic carbocycles. The van der Waals surface area contributed by atoms with Gasteiger partial charge in [0.2, 0.25) is 10.4 Å². The Morgan fingerprint density at radius 3 is 2.00 bits per heavy atom. The summed E-state index contributed by atoms with van der Waals surface area (Å²) in [7, 11) is 0. The van der Waals surface area contributed by atoms with Gasteiger partial charge in [-0.3, -0.25) is 8.52 Å². The highest BCUT2D eigenvalue weighted by Gasteiger charge is 2.08. The zero-order chi connectivity index (χ0) is 20.6. The van der Waals surface area contributed by atoms with Crippen molar-refractivity contribution in [3.05, 3.63) is 69.0 Å². The Morgan fingerprint density at radius 2 is 1.41 bits per heavy atom. The number of aromatic nitrogens is 2. The Hall–Kier alpha value is -1.82. The number of nitrogens with zero attached hydrogens (tertiary/aromatic N) is 4. The molecule has 0 spiro atoms. The Balaban J connectivity index is 2.21. The summed E-state index contributed by atoms with van der Waals surface area (Å²) in [6.07, 6.45) is 4.38. The van der Waals surface area contributed by atoms with Gasteiger partial charge in [-0.2, -0.15) is 0 Å². The third kappa shape index (κ3) is 6.08. The van der Waals surface area contributed by atoms with Gasteiger partial charge < -0.3 is 0 Å². The standard InChI is InChI=1S/C22H26Cl2N4S/c1-3-5-13-27-21(25-19-11-7-9-17(23)15-19)28(14-6-4-2)29-22(27)26-20-12-8-10-18(24)16-20/h7-12,15-16H,3-6,13-14H2,1-2H3. The number of unbranched alkanes of at least 4 members (excludes halogenated alkanes) is 2. The van der Waals surface area contributed by atoms with Crippen molar-refractivity contribution in [3.8, 4) is 0 Å². The number of hydrogen-bond donors (Lipinski definition) is 0. The van der Waals surface area contributed by atoms with Crippen molar-refractivity contribution in [3.63, 3.8) is 0 Å². The maximum absolute atomic E-state index is 6.18. The van der Waals surface area contributed by atoms with Gasteiger partial charge in [0.1, 0.15) is 0 Å². The predicted molar refractivity (Wildman–Crippen MR) is 123 cm³/mol. The maximum Gasteiger partial charge on any atom is 0.222 e. The summed E-state index contributed by atoms with van der Waals surface area (Å²) in [6, 6.07) is 15.3. The molecule has 0 unspecified atom stereocenters. The van der Waals surface area contributed by atoms with Gasteiger partial charge in [-0.25, -0.2) is 9.98 Å². The van der Waals surface area contributed by atoms with Gasteiger partial charge in [0.05, 0.1) is 11.4 Å². The molecule has 154 valence electrons. The first-order chi connectivity index (χ1) is 14.1. The lowest BCUT2D eigenvalue weighted by Gasteiger charge is -2.04. The van der Waals surface area contributed by atoms with E-state index in [-0.39, 0.29) is 0 Å². The second kappa shape index (κ2) is 10.8. The lowest BCUT2D eigenvalue weighted by Crippen LogP contribution is -2.30. The molecular weight excluding hydrogens is 423 g/mol. The average molecular weight is 449 g/mol. The van der Waals surface area contributed by atoms with Crippen LogP contribution < -0.4 is 10.4 Å². The molecule has 3 rings (SSSR count). The Labute approximate surface area is 186 Å². The van der Waals surface area contributed by atoms with Crippen LogP contribution in [0.25, 0.3) is 0 Å². The first kappa shape index (κ1) is 21.9. The Bertz CT molecular complexity index is 1080. The van der Waals surface area contributed by atoms with Crippen LogP contribution in [0.4, 0.5) is 11.4 Å². The molecule has 0 atom stereocenters. The summed E-state index contributed by atoms with van der Waals surface area (Å²) in [4.78, 5) is 10.8. The summed E-state index contributed by atoms with van der Waals surface area (Å²) in [5.41, 5.74) is 2.61. The fraction of sp³-hybridized carbons (Fsp3) is 0.364. The summed E-state index contributed by atoms with van der Waals surface area (Å²) in [6.45, 7) is 6.17. The molecule has 1 heterocycles. The van der Waals surface area contributed by atoms with E-state index >= 15 is 0 Å². The highest BCUT2D eigenvalue weighted by atomic mass is 35.5. The summed E-state index contributed by atoms with van der Waals surface area (Å²) < 4.78 is 4.45. The molecule has 0 aliphatic heterocycles. The molecule has 0 aliphatic carbocycles. The highest BCUT2D eigenvalue weighted by molar-refractivity contribution is 7.03. The van der Waals surface area contributed by atoms with E-state index in [0.717, 1.165) is 60.6 Å². The molecule has 0 fully saturated rings. The van der Waals surface area contributed by atoms with Gasteiger partial charge in [-0.1, -0.05) is 62.0 Å². The van der Waals surface area contributed by atoms with E-state index in [4.69, 9.17) is 33.2 Å². The van der Waals surface area contributed by atoms with Crippen LogP contribution >= 0.6 is 34.7 Å². The van der Waals surface area contributed by atoms with Crippen molar-refractivity contribution >= 4 is 46.1 Å². The molecule has 4 nitrogen and oxygen atoms in total. The van der Waals surface area contributed by atoms with E-state index in [1.807, 2.05) is 48.5 Å². The van der Waals surface area contributed by atoms with Gasteiger partial charge >= 0.3 is 0 Å². The lowest BCUT2D eigenvalue weighted by atomic mass is 10.3. The Kier molecular flexibility index (Phi) is 8.16. The minimum absolute atomic E-state index is 0.686. The monoisotopic (exact) mass is 448 g/mol. The molecule has 0 aliphatic rings. The Morgan fingerprint density at radius 1 is 0.828 bits per heavy atom. The fourth-order valence-corrected chi connectivity index (χ4v) is 4.31. The smallest absolute Gasteiger partial charge is 0.222 e. The zero-order valence-corrected chi connectivity index (χ0v) is 19.1. The number of hydrogen-bond acceptors (Lipinski definition) is 3. The first-order valence-corrected chi connectivity index (χ1v) is 11.5. The van der Waals surface area contributed by atoms with Gasteiger partial charge in [0, 0.05) is 23.1 Å². The lowest BCUT2D eigenvalue weighted by molar-refractivity contribution is 0.551. The highest BCUT2D eigenvalue weighted by Crippen LogP contribution is 2.18.